The Morgan fingerprint density at radius 1 is 1.44 bits per heavy atom. The second kappa shape index (κ2) is 5.22. The first-order valence-corrected chi connectivity index (χ1v) is 5.88. The molecule has 0 unspecified atom stereocenters. The topological polar surface area (TPSA) is 39.2 Å². The van der Waals surface area contributed by atoms with E-state index >= 15 is 0 Å². The van der Waals surface area contributed by atoms with Crippen LogP contribution in [0.4, 0.5) is 8.78 Å². The van der Waals surface area contributed by atoms with Gasteiger partial charge < -0.3 is 4.74 Å². The Morgan fingerprint density at radius 2 is 2.22 bits per heavy atom. The number of carbonyl (C=O) groups is 1. The summed E-state index contributed by atoms with van der Waals surface area (Å²) in [4.78, 5) is 15.6. The Bertz CT molecular complexity index is 583. The number of carbonyl (C=O) groups excluding carboxylic acids is 1. The van der Waals surface area contributed by atoms with Gasteiger partial charge >= 0.3 is 5.97 Å². The molecule has 3 nitrogen and oxygen atoms in total. The number of ether oxygens (including phenoxy) is 1. The van der Waals surface area contributed by atoms with Gasteiger partial charge in [0.25, 0.3) is 0 Å². The minimum Gasteiger partial charge on any atom is -0.465 e. The molecule has 94 valence electrons. The summed E-state index contributed by atoms with van der Waals surface area (Å²) in [7, 11) is 1.28. The van der Waals surface area contributed by atoms with Gasteiger partial charge in [0.1, 0.15) is 16.5 Å². The Hall–Kier alpha value is -1.82. The Balaban J connectivity index is 2.18. The highest BCUT2D eigenvalue weighted by molar-refractivity contribution is 7.13. The van der Waals surface area contributed by atoms with Crippen molar-refractivity contribution in [2.75, 3.05) is 7.11 Å². The zero-order chi connectivity index (χ0) is 13.1. The number of rotatable bonds is 3. The average molecular weight is 269 g/mol. The standard InChI is InChI=1S/C12H9F2NO2S/c1-17-12(16)10-6-15-11(18-10)4-7-2-3-8(13)5-9(7)14/h2-3,5-6H,4H2,1H3. The van der Waals surface area contributed by atoms with E-state index < -0.39 is 17.6 Å². The van der Waals surface area contributed by atoms with Crippen molar-refractivity contribution in [2.45, 2.75) is 6.42 Å². The molecule has 1 aromatic carbocycles. The van der Waals surface area contributed by atoms with Crippen molar-refractivity contribution in [3.63, 3.8) is 0 Å². The predicted octanol–water partition coefficient (Wildman–Crippen LogP) is 2.80. The molecule has 0 saturated heterocycles. The van der Waals surface area contributed by atoms with Crippen molar-refractivity contribution in [3.05, 3.63) is 51.5 Å². The van der Waals surface area contributed by atoms with Crippen LogP contribution in [-0.2, 0) is 11.2 Å². The van der Waals surface area contributed by atoms with Crippen molar-refractivity contribution < 1.29 is 18.3 Å². The fourth-order valence-corrected chi connectivity index (χ4v) is 2.27. The molecule has 0 fully saturated rings. The molecule has 2 aromatic rings. The maximum Gasteiger partial charge on any atom is 0.349 e. The van der Waals surface area contributed by atoms with Crippen molar-refractivity contribution in [2.24, 2.45) is 0 Å². The smallest absolute Gasteiger partial charge is 0.349 e. The molecular weight excluding hydrogens is 260 g/mol. The highest BCUT2D eigenvalue weighted by Crippen LogP contribution is 2.19. The molecule has 0 aliphatic rings. The van der Waals surface area contributed by atoms with Crippen LogP contribution in [0.3, 0.4) is 0 Å². The molecule has 6 heteroatoms. The van der Waals surface area contributed by atoms with Gasteiger partial charge in [-0.25, -0.2) is 18.6 Å². The molecule has 18 heavy (non-hydrogen) atoms. The van der Waals surface area contributed by atoms with Crippen LogP contribution in [0.5, 0.6) is 0 Å². The van der Waals surface area contributed by atoms with Crippen LogP contribution in [0.1, 0.15) is 20.2 Å². The van der Waals surface area contributed by atoms with Gasteiger partial charge in [-0.15, -0.1) is 11.3 Å². The first kappa shape index (κ1) is 12.6. The van der Waals surface area contributed by atoms with Gasteiger partial charge in [0.15, 0.2) is 0 Å². The normalized spacial score (nSPS) is 10.4. The highest BCUT2D eigenvalue weighted by atomic mass is 32.1. The van der Waals surface area contributed by atoms with E-state index in [1.807, 2.05) is 0 Å². The lowest BCUT2D eigenvalue weighted by molar-refractivity contribution is 0.0606. The molecule has 0 bridgehead atoms. The SMILES string of the molecule is COC(=O)c1cnc(Cc2ccc(F)cc2F)s1. The van der Waals surface area contributed by atoms with Crippen LogP contribution in [0.2, 0.25) is 0 Å². The van der Waals surface area contributed by atoms with Crippen molar-refractivity contribution >= 4 is 17.3 Å². The molecule has 0 radical (unpaired) electrons. The highest BCUT2D eigenvalue weighted by Gasteiger charge is 2.12. The van der Waals surface area contributed by atoms with E-state index in [4.69, 9.17) is 0 Å². The van der Waals surface area contributed by atoms with Crippen molar-refractivity contribution in [1.29, 1.82) is 0 Å². The van der Waals surface area contributed by atoms with Gasteiger partial charge in [-0.2, -0.15) is 0 Å². The summed E-state index contributed by atoms with van der Waals surface area (Å²) in [5.74, 6) is -1.71. The number of methoxy groups -OCH3 is 1. The third kappa shape index (κ3) is 2.70. The lowest BCUT2D eigenvalue weighted by Crippen LogP contribution is -1.96. The Labute approximate surface area is 106 Å². The Kier molecular flexibility index (Phi) is 3.66. The number of hydrogen-bond donors (Lipinski definition) is 0. The van der Waals surface area contributed by atoms with E-state index in [1.165, 1.54) is 25.4 Å². The lowest BCUT2D eigenvalue weighted by Gasteiger charge is -2.00. The molecule has 0 atom stereocenters. The zero-order valence-electron chi connectivity index (χ0n) is 9.44. The summed E-state index contributed by atoms with van der Waals surface area (Å²) in [5.41, 5.74) is 0.335. The minimum absolute atomic E-state index is 0.216. The molecule has 0 saturated carbocycles. The Morgan fingerprint density at radius 3 is 2.89 bits per heavy atom. The second-order valence-electron chi connectivity index (χ2n) is 3.52. The number of nitrogens with zero attached hydrogens (tertiary/aromatic N) is 1. The zero-order valence-corrected chi connectivity index (χ0v) is 10.3. The summed E-state index contributed by atoms with van der Waals surface area (Å²) in [6, 6.07) is 3.38. The van der Waals surface area contributed by atoms with Crippen molar-refractivity contribution in [3.8, 4) is 0 Å². The summed E-state index contributed by atoms with van der Waals surface area (Å²) in [5, 5.41) is 0.570. The third-order valence-corrected chi connectivity index (χ3v) is 3.27. The van der Waals surface area contributed by atoms with Crippen LogP contribution in [-0.4, -0.2) is 18.1 Å². The molecule has 0 spiro atoms. The molecule has 1 heterocycles. The van der Waals surface area contributed by atoms with E-state index in [0.717, 1.165) is 17.4 Å². The fraction of sp³-hybridized carbons (Fsp3) is 0.167. The molecule has 2 rings (SSSR count). The first-order valence-electron chi connectivity index (χ1n) is 5.07. The molecular formula is C12H9F2NO2S. The lowest BCUT2D eigenvalue weighted by atomic mass is 10.1. The molecule has 0 N–H and O–H groups in total. The summed E-state index contributed by atoms with van der Waals surface area (Å²) in [6.45, 7) is 0. The number of benzene rings is 1. The monoisotopic (exact) mass is 269 g/mol. The quantitative estimate of drug-likeness (QED) is 0.804. The average Bonchev–Trinajstić information content (AvgIpc) is 2.80. The van der Waals surface area contributed by atoms with E-state index in [9.17, 15) is 13.6 Å². The van der Waals surface area contributed by atoms with Crippen LogP contribution >= 0.6 is 11.3 Å². The molecule has 0 aliphatic carbocycles. The van der Waals surface area contributed by atoms with E-state index in [-0.39, 0.29) is 6.42 Å². The third-order valence-electron chi connectivity index (χ3n) is 2.30. The second-order valence-corrected chi connectivity index (χ2v) is 4.64. The molecule has 0 aliphatic heterocycles. The fourth-order valence-electron chi connectivity index (χ4n) is 1.41. The van der Waals surface area contributed by atoms with Crippen LogP contribution in [0, 0.1) is 11.6 Å². The van der Waals surface area contributed by atoms with Crippen LogP contribution in [0.25, 0.3) is 0 Å². The number of hydrogen-bond acceptors (Lipinski definition) is 4. The maximum atomic E-state index is 13.4. The number of aromatic nitrogens is 1. The first-order chi connectivity index (χ1) is 8.60. The van der Waals surface area contributed by atoms with Gasteiger partial charge in [0, 0.05) is 12.5 Å². The maximum absolute atomic E-state index is 13.4. The van der Waals surface area contributed by atoms with E-state index in [0.29, 0.717) is 15.4 Å². The predicted molar refractivity (Wildman–Crippen MR) is 62.6 cm³/mol. The molecule has 1 aromatic heterocycles. The van der Waals surface area contributed by atoms with E-state index in [1.54, 1.807) is 0 Å². The summed E-state index contributed by atoms with van der Waals surface area (Å²) >= 11 is 1.13. The number of esters is 1. The summed E-state index contributed by atoms with van der Waals surface area (Å²) in [6.07, 6.45) is 1.60. The van der Waals surface area contributed by atoms with Gasteiger partial charge in [-0.3, -0.25) is 0 Å². The van der Waals surface area contributed by atoms with Gasteiger partial charge in [0.05, 0.1) is 18.3 Å². The van der Waals surface area contributed by atoms with Crippen LogP contribution in [0.15, 0.2) is 24.4 Å². The van der Waals surface area contributed by atoms with Gasteiger partial charge in [-0.05, 0) is 11.6 Å². The van der Waals surface area contributed by atoms with Gasteiger partial charge in [-0.1, -0.05) is 6.07 Å². The minimum atomic E-state index is -0.621. The number of halogens is 2. The van der Waals surface area contributed by atoms with Crippen molar-refractivity contribution in [1.82, 2.24) is 4.98 Å². The molecule has 0 amide bonds. The van der Waals surface area contributed by atoms with Gasteiger partial charge in [0.2, 0.25) is 0 Å². The van der Waals surface area contributed by atoms with Crippen LogP contribution < -0.4 is 0 Å². The van der Waals surface area contributed by atoms with E-state index in [2.05, 4.69) is 9.72 Å². The number of thiazole rings is 1. The summed E-state index contributed by atoms with van der Waals surface area (Å²) < 4.78 is 30.7. The largest absolute Gasteiger partial charge is 0.465 e.